The third kappa shape index (κ3) is 4.76. The van der Waals surface area contributed by atoms with Gasteiger partial charge >= 0.3 is 0 Å². The fourth-order valence-corrected chi connectivity index (χ4v) is 3.46. The van der Waals surface area contributed by atoms with Gasteiger partial charge in [0.25, 0.3) is 0 Å². The second kappa shape index (κ2) is 8.56. The first-order valence-electron chi connectivity index (χ1n) is 8.24. The van der Waals surface area contributed by atoms with Crippen molar-refractivity contribution >= 4 is 29.6 Å². The van der Waals surface area contributed by atoms with E-state index in [2.05, 4.69) is 52.8 Å². The molecule has 0 bridgehead atoms. The van der Waals surface area contributed by atoms with E-state index in [4.69, 9.17) is 11.6 Å². The lowest BCUT2D eigenvalue weighted by atomic mass is 10.2. The van der Waals surface area contributed by atoms with Crippen LogP contribution in [0.25, 0.3) is 0 Å². The summed E-state index contributed by atoms with van der Waals surface area (Å²) in [6, 6.07) is 16.7. The average molecular weight is 361 g/mol. The molecule has 0 spiro atoms. The molecule has 3 rings (SSSR count). The average Bonchev–Trinajstić information content (AvgIpc) is 2.63. The Bertz CT molecular complexity index is 679. The Hall–Kier alpha value is -1.49. The molecule has 24 heavy (non-hydrogen) atoms. The van der Waals surface area contributed by atoms with Crippen molar-refractivity contribution in [2.75, 3.05) is 32.4 Å². The Morgan fingerprint density at radius 3 is 2.50 bits per heavy atom. The van der Waals surface area contributed by atoms with E-state index < -0.39 is 0 Å². The molecule has 1 N–H and O–H groups in total. The molecule has 0 saturated carbocycles. The molecule has 1 heterocycles. The van der Waals surface area contributed by atoms with Crippen molar-refractivity contribution < 1.29 is 4.90 Å². The normalized spacial score (nSPS) is 16.0. The molecule has 0 radical (unpaired) electrons. The summed E-state index contributed by atoms with van der Waals surface area (Å²) in [5, 5.41) is 7.67. The molecule has 1 saturated heterocycles. The zero-order valence-corrected chi connectivity index (χ0v) is 15.5. The van der Waals surface area contributed by atoms with Crippen molar-refractivity contribution in [2.45, 2.75) is 11.4 Å². The van der Waals surface area contributed by atoms with Crippen molar-refractivity contribution in [3.8, 4) is 0 Å². The molecule has 5 heteroatoms. The second-order valence-electron chi connectivity index (χ2n) is 5.99. The van der Waals surface area contributed by atoms with Crippen LogP contribution in [-0.2, 0) is 6.54 Å². The minimum atomic E-state index is 0.874. The summed E-state index contributed by atoms with van der Waals surface area (Å²) in [5.74, 6) is 0. The predicted molar refractivity (Wildman–Crippen MR) is 103 cm³/mol. The van der Waals surface area contributed by atoms with E-state index in [9.17, 15) is 0 Å². The maximum atomic E-state index is 6.26. The van der Waals surface area contributed by atoms with Gasteiger partial charge < -0.3 is 4.90 Å². The smallest absolute Gasteiger partial charge is 0.104 e. The lowest BCUT2D eigenvalue weighted by molar-refractivity contribution is -0.918. The third-order valence-corrected chi connectivity index (χ3v) is 5.44. The minimum absolute atomic E-state index is 0.874. The van der Waals surface area contributed by atoms with Crippen LogP contribution >= 0.6 is 23.4 Å². The van der Waals surface area contributed by atoms with Crippen molar-refractivity contribution in [2.24, 2.45) is 5.10 Å². The van der Waals surface area contributed by atoms with Gasteiger partial charge in [0.2, 0.25) is 0 Å². The summed E-state index contributed by atoms with van der Waals surface area (Å²) < 4.78 is 0. The monoisotopic (exact) mass is 360 g/mol. The van der Waals surface area contributed by atoms with E-state index in [0.29, 0.717) is 0 Å². The Kier molecular flexibility index (Phi) is 6.18. The minimum Gasteiger partial charge on any atom is -0.328 e. The van der Waals surface area contributed by atoms with E-state index in [1.54, 1.807) is 16.7 Å². The highest BCUT2D eigenvalue weighted by Crippen LogP contribution is 2.14. The van der Waals surface area contributed by atoms with Crippen LogP contribution in [0.3, 0.4) is 0 Å². The zero-order chi connectivity index (χ0) is 16.8. The zero-order valence-electron chi connectivity index (χ0n) is 13.9. The molecule has 1 fully saturated rings. The number of piperazine rings is 1. The van der Waals surface area contributed by atoms with Gasteiger partial charge in [0.05, 0.1) is 32.4 Å². The largest absolute Gasteiger partial charge is 0.328 e. The van der Waals surface area contributed by atoms with Gasteiger partial charge in [-0.2, -0.15) is 5.10 Å². The van der Waals surface area contributed by atoms with Gasteiger partial charge in [0.15, 0.2) is 0 Å². The van der Waals surface area contributed by atoms with Gasteiger partial charge in [0, 0.05) is 15.5 Å². The lowest BCUT2D eigenvalue weighted by Crippen LogP contribution is -3.13. The first-order valence-corrected chi connectivity index (χ1v) is 9.85. The van der Waals surface area contributed by atoms with Gasteiger partial charge in [-0.05, 0) is 30.0 Å². The van der Waals surface area contributed by atoms with Crippen LogP contribution in [-0.4, -0.2) is 43.7 Å². The van der Waals surface area contributed by atoms with Gasteiger partial charge in [-0.15, -0.1) is 11.8 Å². The fourth-order valence-electron chi connectivity index (χ4n) is 2.85. The maximum Gasteiger partial charge on any atom is 0.104 e. The summed E-state index contributed by atoms with van der Waals surface area (Å²) in [4.78, 5) is 2.85. The Labute approximate surface area is 153 Å². The van der Waals surface area contributed by atoms with Crippen molar-refractivity contribution in [3.63, 3.8) is 0 Å². The van der Waals surface area contributed by atoms with Crippen LogP contribution < -0.4 is 4.90 Å². The van der Waals surface area contributed by atoms with Crippen LogP contribution in [0.4, 0.5) is 0 Å². The first kappa shape index (κ1) is 17.3. The molecular weight excluding hydrogens is 338 g/mol. The molecule has 0 unspecified atom stereocenters. The van der Waals surface area contributed by atoms with Crippen LogP contribution in [0, 0.1) is 0 Å². The van der Waals surface area contributed by atoms with Gasteiger partial charge in [0.1, 0.15) is 6.54 Å². The number of halogens is 1. The fraction of sp³-hybridized carbons (Fsp3) is 0.316. The van der Waals surface area contributed by atoms with Crippen LogP contribution in [0.5, 0.6) is 0 Å². The molecule has 0 atom stereocenters. The van der Waals surface area contributed by atoms with E-state index in [0.717, 1.165) is 43.3 Å². The molecule has 3 nitrogen and oxygen atoms in total. The number of hydrazone groups is 1. The van der Waals surface area contributed by atoms with Crippen LogP contribution in [0.1, 0.15) is 11.1 Å². The molecule has 1 aliphatic heterocycles. The standard InChI is InChI=1S/C19H22ClN3S/c1-24-18-8-6-16(7-9-18)14-21-23-12-10-22(11-13-23)15-17-4-2-3-5-19(17)20/h2-9,14H,10-13,15H2,1H3/p+1/b21-14+. The molecule has 0 amide bonds. The molecule has 2 aromatic rings. The third-order valence-electron chi connectivity index (χ3n) is 4.33. The van der Waals surface area contributed by atoms with Crippen LogP contribution in [0.2, 0.25) is 5.02 Å². The van der Waals surface area contributed by atoms with Crippen LogP contribution in [0.15, 0.2) is 58.5 Å². The molecule has 0 aliphatic carbocycles. The number of thioether (sulfide) groups is 1. The molecule has 2 aromatic carbocycles. The van der Waals surface area contributed by atoms with Gasteiger partial charge in [-0.3, -0.25) is 5.01 Å². The summed E-state index contributed by atoms with van der Waals surface area (Å²) in [5.41, 5.74) is 2.39. The second-order valence-corrected chi connectivity index (χ2v) is 7.28. The van der Waals surface area contributed by atoms with E-state index in [1.807, 2.05) is 18.3 Å². The number of rotatable bonds is 5. The summed E-state index contributed by atoms with van der Waals surface area (Å²) >= 11 is 8.02. The first-order chi connectivity index (χ1) is 11.7. The van der Waals surface area contributed by atoms with E-state index >= 15 is 0 Å². The Morgan fingerprint density at radius 2 is 1.83 bits per heavy atom. The molecule has 1 aliphatic rings. The molecular formula is C19H23ClN3S+. The molecule has 0 aromatic heterocycles. The lowest BCUT2D eigenvalue weighted by Gasteiger charge is -2.30. The van der Waals surface area contributed by atoms with Crippen molar-refractivity contribution in [3.05, 3.63) is 64.7 Å². The number of quaternary nitrogens is 1. The number of nitrogens with zero attached hydrogens (tertiary/aromatic N) is 2. The maximum absolute atomic E-state index is 6.26. The SMILES string of the molecule is CSc1ccc(/C=N/N2CC[NH+](Cc3ccccc3Cl)CC2)cc1. The quantitative estimate of drug-likeness (QED) is 0.653. The highest BCUT2D eigenvalue weighted by atomic mass is 35.5. The van der Waals surface area contributed by atoms with E-state index in [1.165, 1.54) is 10.5 Å². The van der Waals surface area contributed by atoms with Crippen molar-refractivity contribution in [1.82, 2.24) is 5.01 Å². The number of nitrogens with one attached hydrogen (secondary N) is 1. The highest BCUT2D eigenvalue weighted by Gasteiger charge is 2.19. The predicted octanol–water partition coefficient (Wildman–Crippen LogP) is 2.80. The van der Waals surface area contributed by atoms with Gasteiger partial charge in [-0.1, -0.05) is 41.9 Å². The summed E-state index contributed by atoms with van der Waals surface area (Å²) in [7, 11) is 0. The number of benzene rings is 2. The topological polar surface area (TPSA) is 20.0 Å². The van der Waals surface area contributed by atoms with E-state index in [-0.39, 0.29) is 0 Å². The number of hydrogen-bond donors (Lipinski definition) is 1. The Morgan fingerprint density at radius 1 is 1.12 bits per heavy atom. The Balaban J connectivity index is 1.49. The van der Waals surface area contributed by atoms with Crippen molar-refractivity contribution in [1.29, 1.82) is 0 Å². The highest BCUT2D eigenvalue weighted by molar-refractivity contribution is 7.98. The number of hydrogen-bond acceptors (Lipinski definition) is 3. The summed E-state index contributed by atoms with van der Waals surface area (Å²) in [6.45, 7) is 5.15. The molecule has 126 valence electrons. The van der Waals surface area contributed by atoms with Gasteiger partial charge in [-0.25, -0.2) is 0 Å². The summed E-state index contributed by atoms with van der Waals surface area (Å²) in [6.07, 6.45) is 4.05.